The highest BCUT2D eigenvalue weighted by Crippen LogP contribution is 2.27. The Kier molecular flexibility index (Phi) is 18.4. The monoisotopic (exact) mass is 467 g/mol. The zero-order valence-electron chi connectivity index (χ0n) is 22.1. The first-order chi connectivity index (χ1) is 15.9. The predicted molar refractivity (Wildman–Crippen MR) is 147 cm³/mol. The van der Waals surface area contributed by atoms with Crippen LogP contribution in [0.3, 0.4) is 0 Å². The zero-order valence-corrected chi connectivity index (χ0v) is 22.9. The molecule has 2 heteroatoms. The molecule has 190 valence electrons. The summed E-state index contributed by atoms with van der Waals surface area (Å²) < 4.78 is 5.72. The third-order valence-electron chi connectivity index (χ3n) is 7.99. The molecule has 0 N–H and O–H groups in total. The van der Waals surface area contributed by atoms with Crippen LogP contribution in [0.5, 0.6) is 0 Å². The highest BCUT2D eigenvalue weighted by atomic mass is 32.2. The zero-order chi connectivity index (χ0) is 22.5. The standard InChI is InChI=1S/C30H59OS/c1-2-3-4-19-27-32(30-24-17-15-18-25-30)28-20-14-12-10-8-6-5-7-9-11-13-16-22-29-23-21-26-31-29/h29-30H,2-28H2,1H3/q+1. The minimum Gasteiger partial charge on any atom is -0.378 e. The lowest BCUT2D eigenvalue weighted by Gasteiger charge is -2.23. The van der Waals surface area contributed by atoms with Crippen molar-refractivity contribution in [3.8, 4) is 0 Å². The first-order valence-electron chi connectivity index (χ1n) is 15.2. The molecule has 2 aliphatic rings. The Morgan fingerprint density at radius 3 is 1.62 bits per heavy atom. The van der Waals surface area contributed by atoms with Crippen molar-refractivity contribution in [1.29, 1.82) is 0 Å². The highest BCUT2D eigenvalue weighted by Gasteiger charge is 2.30. The Balaban J connectivity index is 1.35. The van der Waals surface area contributed by atoms with E-state index in [1.807, 2.05) is 0 Å². The molecule has 32 heavy (non-hydrogen) atoms. The van der Waals surface area contributed by atoms with Gasteiger partial charge < -0.3 is 4.74 Å². The third kappa shape index (κ3) is 14.5. The van der Waals surface area contributed by atoms with E-state index < -0.39 is 0 Å². The number of hydrogen-bond acceptors (Lipinski definition) is 1. The topological polar surface area (TPSA) is 9.23 Å². The van der Waals surface area contributed by atoms with Crippen LogP contribution in [0.15, 0.2) is 0 Å². The van der Waals surface area contributed by atoms with Crippen molar-refractivity contribution in [1.82, 2.24) is 0 Å². The second kappa shape index (κ2) is 20.7. The molecule has 1 nitrogen and oxygen atoms in total. The van der Waals surface area contributed by atoms with Crippen LogP contribution in [0.4, 0.5) is 0 Å². The average molecular weight is 468 g/mol. The summed E-state index contributed by atoms with van der Waals surface area (Å²) in [6.07, 6.45) is 35.8. The summed E-state index contributed by atoms with van der Waals surface area (Å²) in [4.78, 5) is 0. The molecule has 0 aromatic heterocycles. The van der Waals surface area contributed by atoms with Crippen LogP contribution in [0.25, 0.3) is 0 Å². The maximum atomic E-state index is 5.72. The molecule has 1 heterocycles. The molecule has 0 spiro atoms. The summed E-state index contributed by atoms with van der Waals surface area (Å²) in [5.74, 6) is 3.14. The van der Waals surface area contributed by atoms with Gasteiger partial charge in [-0.05, 0) is 81.5 Å². The fraction of sp³-hybridized carbons (Fsp3) is 1.00. The molecule has 2 unspecified atom stereocenters. The fourth-order valence-electron chi connectivity index (χ4n) is 5.85. The van der Waals surface area contributed by atoms with Crippen molar-refractivity contribution in [2.45, 2.75) is 172 Å². The van der Waals surface area contributed by atoms with E-state index in [2.05, 4.69) is 6.92 Å². The van der Waals surface area contributed by atoms with E-state index in [-0.39, 0.29) is 0 Å². The molecule has 0 amide bonds. The lowest BCUT2D eigenvalue weighted by Crippen LogP contribution is -2.29. The van der Waals surface area contributed by atoms with Gasteiger partial charge in [0.15, 0.2) is 0 Å². The normalized spacial score (nSPS) is 20.7. The summed E-state index contributed by atoms with van der Waals surface area (Å²) in [6.45, 7) is 3.36. The second-order valence-corrected chi connectivity index (χ2v) is 13.5. The maximum Gasteiger partial charge on any atom is 0.118 e. The van der Waals surface area contributed by atoms with Crippen LogP contribution in [-0.4, -0.2) is 29.5 Å². The number of unbranched alkanes of at least 4 members (excludes halogenated alkanes) is 14. The molecule has 2 rings (SSSR count). The first kappa shape index (κ1) is 28.5. The molecule has 0 radical (unpaired) electrons. The summed E-state index contributed by atoms with van der Waals surface area (Å²) >= 11 is 0. The summed E-state index contributed by atoms with van der Waals surface area (Å²) in [7, 11) is 0.762. The van der Waals surface area contributed by atoms with Crippen molar-refractivity contribution >= 4 is 10.9 Å². The smallest absolute Gasteiger partial charge is 0.118 e. The van der Waals surface area contributed by atoms with E-state index in [4.69, 9.17) is 4.74 Å². The van der Waals surface area contributed by atoms with Crippen molar-refractivity contribution in [3.05, 3.63) is 0 Å². The quantitative estimate of drug-likeness (QED) is 0.120. The molecule has 2 fully saturated rings. The first-order valence-corrected chi connectivity index (χ1v) is 16.8. The van der Waals surface area contributed by atoms with Crippen molar-refractivity contribution in [2.75, 3.05) is 18.1 Å². The van der Waals surface area contributed by atoms with Gasteiger partial charge in [0.2, 0.25) is 0 Å². The third-order valence-corrected chi connectivity index (χ3v) is 11.0. The largest absolute Gasteiger partial charge is 0.378 e. The lowest BCUT2D eigenvalue weighted by molar-refractivity contribution is 0.102. The van der Waals surface area contributed by atoms with E-state index in [0.29, 0.717) is 6.10 Å². The molecule has 2 atom stereocenters. The van der Waals surface area contributed by atoms with E-state index in [1.54, 1.807) is 24.3 Å². The Morgan fingerprint density at radius 2 is 1.09 bits per heavy atom. The molecule has 0 aromatic carbocycles. The molecular weight excluding hydrogens is 408 g/mol. The Morgan fingerprint density at radius 1 is 0.562 bits per heavy atom. The van der Waals surface area contributed by atoms with Crippen molar-refractivity contribution in [3.63, 3.8) is 0 Å². The van der Waals surface area contributed by atoms with Crippen molar-refractivity contribution < 1.29 is 4.74 Å². The van der Waals surface area contributed by atoms with Gasteiger partial charge in [0.05, 0.1) is 6.10 Å². The Hall–Kier alpha value is 0.310. The molecule has 0 aromatic rings. The average Bonchev–Trinajstić information content (AvgIpc) is 3.35. The maximum absolute atomic E-state index is 5.72. The van der Waals surface area contributed by atoms with Crippen LogP contribution in [0.1, 0.15) is 161 Å². The molecule has 0 bridgehead atoms. The van der Waals surface area contributed by atoms with Gasteiger partial charge in [-0.25, -0.2) is 0 Å². The molecular formula is C30H59OS+. The van der Waals surface area contributed by atoms with Crippen LogP contribution in [-0.2, 0) is 15.6 Å². The summed E-state index contributed by atoms with van der Waals surface area (Å²) in [6, 6.07) is 0. The van der Waals surface area contributed by atoms with Crippen LogP contribution in [0.2, 0.25) is 0 Å². The number of hydrogen-bond donors (Lipinski definition) is 0. The lowest BCUT2D eigenvalue weighted by atomic mass is 10.0. The van der Waals surface area contributed by atoms with Crippen LogP contribution >= 0.6 is 0 Å². The van der Waals surface area contributed by atoms with Gasteiger partial charge >= 0.3 is 0 Å². The molecule has 1 aliphatic heterocycles. The molecule has 1 saturated carbocycles. The SMILES string of the molecule is CCCCCC[S+](CCCCCCCCCCCCCCC1CCCO1)C1CCCCC1. The van der Waals surface area contributed by atoms with E-state index in [9.17, 15) is 0 Å². The second-order valence-electron chi connectivity index (χ2n) is 10.9. The van der Waals surface area contributed by atoms with Crippen LogP contribution in [0, 0.1) is 0 Å². The highest BCUT2D eigenvalue weighted by molar-refractivity contribution is 7.97. The number of rotatable bonds is 21. The van der Waals surface area contributed by atoms with E-state index in [0.717, 1.165) is 22.8 Å². The van der Waals surface area contributed by atoms with Gasteiger partial charge in [-0.2, -0.15) is 0 Å². The van der Waals surface area contributed by atoms with Crippen LogP contribution < -0.4 is 0 Å². The van der Waals surface area contributed by atoms with Gasteiger partial charge in [-0.1, -0.05) is 90.4 Å². The summed E-state index contributed by atoms with van der Waals surface area (Å²) in [5, 5.41) is 1.11. The Bertz CT molecular complexity index is 386. The van der Waals surface area contributed by atoms with Gasteiger partial charge in [0, 0.05) is 6.61 Å². The van der Waals surface area contributed by atoms with Gasteiger partial charge in [-0.3, -0.25) is 0 Å². The predicted octanol–water partition coefficient (Wildman–Crippen LogP) is 9.77. The molecule has 1 aliphatic carbocycles. The van der Waals surface area contributed by atoms with E-state index >= 15 is 0 Å². The van der Waals surface area contributed by atoms with E-state index in [1.165, 1.54) is 141 Å². The minimum absolute atomic E-state index is 0.611. The van der Waals surface area contributed by atoms with Crippen molar-refractivity contribution in [2.24, 2.45) is 0 Å². The van der Waals surface area contributed by atoms with Gasteiger partial charge in [-0.15, -0.1) is 0 Å². The van der Waals surface area contributed by atoms with Gasteiger partial charge in [0.1, 0.15) is 16.8 Å². The summed E-state index contributed by atoms with van der Waals surface area (Å²) in [5.41, 5.74) is 0. The number of ether oxygens (including phenoxy) is 1. The fourth-order valence-corrected chi connectivity index (χ4v) is 8.87. The minimum atomic E-state index is 0.611. The van der Waals surface area contributed by atoms with Gasteiger partial charge in [0.25, 0.3) is 0 Å². The molecule has 1 saturated heterocycles. The Labute approximate surface area is 206 Å².